The Balaban J connectivity index is 2.37. The highest BCUT2D eigenvalue weighted by Gasteiger charge is 2.29. The average Bonchev–Trinajstić information content (AvgIpc) is 2.84. The van der Waals surface area contributed by atoms with Gasteiger partial charge in [-0.2, -0.15) is 0 Å². The molecular weight excluding hydrogens is 348 g/mol. The summed E-state index contributed by atoms with van der Waals surface area (Å²) < 4.78 is 0. The molecule has 1 aliphatic rings. The molecule has 10 heteroatoms. The molecule has 6 N–H and O–H groups in total. The number of rotatable bonds is 3. The van der Waals surface area contributed by atoms with E-state index in [1.54, 1.807) is 0 Å². The summed E-state index contributed by atoms with van der Waals surface area (Å²) in [7, 11) is 0. The molecule has 1 saturated carbocycles. The number of amides is 2. The highest BCUT2D eigenvalue weighted by atomic mass is 32.2. The van der Waals surface area contributed by atoms with Gasteiger partial charge in [0.15, 0.2) is 10.3 Å². The summed E-state index contributed by atoms with van der Waals surface area (Å²) in [6.45, 7) is 2.65. The molecule has 0 aromatic heterocycles. The lowest BCUT2D eigenvalue weighted by atomic mass is 10.0. The van der Waals surface area contributed by atoms with Crippen molar-refractivity contribution in [2.45, 2.75) is 39.5 Å². The first-order valence-electron chi connectivity index (χ1n) is 7.41. The number of nitrogens with one attached hydrogen (secondary N) is 6. The Morgan fingerprint density at radius 3 is 2.04 bits per heavy atom. The fourth-order valence-electron chi connectivity index (χ4n) is 2.49. The number of carbonyl (C=O) groups excluding carboxylic acids is 2. The average molecular weight is 371 g/mol. The first kappa shape index (κ1) is 20.4. The van der Waals surface area contributed by atoms with Gasteiger partial charge in [0.2, 0.25) is 11.8 Å². The molecule has 2 atom stereocenters. The Kier molecular flexibility index (Phi) is 8.13. The van der Waals surface area contributed by atoms with Gasteiger partial charge in [-0.25, -0.2) is 0 Å². The number of amidine groups is 2. The van der Waals surface area contributed by atoms with E-state index in [9.17, 15) is 9.59 Å². The molecule has 0 heterocycles. The molecule has 1 aliphatic carbocycles. The molecule has 8 nitrogen and oxygen atoms in total. The zero-order valence-electron chi connectivity index (χ0n) is 13.6. The molecule has 1 rings (SSSR count). The van der Waals surface area contributed by atoms with Crippen LogP contribution in [0.25, 0.3) is 0 Å². The van der Waals surface area contributed by atoms with Crippen molar-refractivity contribution in [3.05, 3.63) is 0 Å². The van der Waals surface area contributed by atoms with Gasteiger partial charge in [-0.15, -0.1) is 0 Å². The van der Waals surface area contributed by atoms with Gasteiger partial charge in [-0.3, -0.25) is 31.2 Å². The largest absolute Gasteiger partial charge is 0.306 e. The maximum absolute atomic E-state index is 10.9. The second-order valence-corrected chi connectivity index (χ2v) is 7.75. The van der Waals surface area contributed by atoms with Crippen LogP contribution in [0.4, 0.5) is 0 Å². The van der Waals surface area contributed by atoms with Crippen molar-refractivity contribution in [2.75, 3.05) is 0 Å². The summed E-state index contributed by atoms with van der Waals surface area (Å²) in [5.74, 6) is -0.345. The third-order valence-corrected chi connectivity index (χ3v) is 4.98. The third kappa shape index (κ3) is 7.73. The van der Waals surface area contributed by atoms with Gasteiger partial charge in [-0.05, 0) is 55.1 Å². The molecule has 2 amide bonds. The fraction of sp³-hybridized carbons (Fsp3) is 0.571. The van der Waals surface area contributed by atoms with Crippen LogP contribution in [0.3, 0.4) is 0 Å². The summed E-state index contributed by atoms with van der Waals surface area (Å²) in [4.78, 5) is 21.7. The lowest BCUT2D eigenvalue weighted by molar-refractivity contribution is -0.118. The molecule has 0 spiro atoms. The zero-order chi connectivity index (χ0) is 18.3. The minimum absolute atomic E-state index is 0.0389. The maximum atomic E-state index is 10.9. The van der Waals surface area contributed by atoms with Crippen molar-refractivity contribution in [1.82, 2.24) is 10.6 Å². The molecule has 0 bridgehead atoms. The highest BCUT2D eigenvalue weighted by Crippen LogP contribution is 2.37. The monoisotopic (exact) mass is 370 g/mol. The van der Waals surface area contributed by atoms with Crippen LogP contribution < -0.4 is 10.6 Å². The maximum Gasteiger partial charge on any atom is 0.222 e. The molecule has 0 saturated heterocycles. The van der Waals surface area contributed by atoms with E-state index >= 15 is 0 Å². The lowest BCUT2D eigenvalue weighted by Gasteiger charge is -2.13. The van der Waals surface area contributed by atoms with E-state index in [1.807, 2.05) is 0 Å². The van der Waals surface area contributed by atoms with Gasteiger partial charge in [-0.1, -0.05) is 0 Å². The Morgan fingerprint density at radius 2 is 1.50 bits per heavy atom. The highest BCUT2D eigenvalue weighted by molar-refractivity contribution is 8.26. The molecule has 1 unspecified atom stereocenters. The quantitative estimate of drug-likeness (QED) is 0.333. The Hall–Kier alpha value is -1.68. The van der Waals surface area contributed by atoms with E-state index in [0.29, 0.717) is 16.5 Å². The SMILES string of the molecule is CC(=O)NC(=N)SC(=N)C[C@H]1CCC(C(=N)SC(=N)NC(C)=O)C1. The van der Waals surface area contributed by atoms with Crippen molar-refractivity contribution < 1.29 is 9.59 Å². The first-order valence-corrected chi connectivity index (χ1v) is 9.04. The molecule has 24 heavy (non-hydrogen) atoms. The predicted molar refractivity (Wildman–Crippen MR) is 99.2 cm³/mol. The molecule has 1 fully saturated rings. The minimum Gasteiger partial charge on any atom is -0.306 e. The van der Waals surface area contributed by atoms with Crippen LogP contribution in [0, 0.1) is 33.5 Å². The summed E-state index contributed by atoms with van der Waals surface area (Å²) in [6, 6.07) is 0. The minimum atomic E-state index is -0.326. The summed E-state index contributed by atoms with van der Waals surface area (Å²) in [6.07, 6.45) is 2.99. The predicted octanol–water partition coefficient (Wildman–Crippen LogP) is 2.36. The number of thioether (sulfide) groups is 2. The van der Waals surface area contributed by atoms with Crippen molar-refractivity contribution in [1.29, 1.82) is 21.6 Å². The Labute approximate surface area is 149 Å². The van der Waals surface area contributed by atoms with E-state index in [0.717, 1.165) is 42.8 Å². The van der Waals surface area contributed by atoms with Crippen LogP contribution in [0.5, 0.6) is 0 Å². The van der Waals surface area contributed by atoms with Gasteiger partial charge in [0.1, 0.15) is 0 Å². The lowest BCUT2D eigenvalue weighted by Crippen LogP contribution is -2.26. The Bertz CT molecular complexity index is 578. The summed E-state index contributed by atoms with van der Waals surface area (Å²) >= 11 is 1.89. The normalized spacial score (nSPS) is 19.4. The van der Waals surface area contributed by atoms with E-state index < -0.39 is 0 Å². The zero-order valence-corrected chi connectivity index (χ0v) is 15.2. The van der Waals surface area contributed by atoms with E-state index in [1.165, 1.54) is 13.8 Å². The Morgan fingerprint density at radius 1 is 0.958 bits per heavy atom. The van der Waals surface area contributed by atoms with Crippen molar-refractivity contribution >= 4 is 55.8 Å². The van der Waals surface area contributed by atoms with E-state index in [4.69, 9.17) is 21.6 Å². The second-order valence-electron chi connectivity index (χ2n) is 5.59. The smallest absolute Gasteiger partial charge is 0.222 e. The van der Waals surface area contributed by atoms with Crippen molar-refractivity contribution in [3.8, 4) is 0 Å². The van der Waals surface area contributed by atoms with Crippen LogP contribution in [0.15, 0.2) is 0 Å². The fourth-order valence-corrected chi connectivity index (χ4v) is 4.05. The van der Waals surface area contributed by atoms with Crippen LogP contribution >= 0.6 is 23.5 Å². The topological polar surface area (TPSA) is 154 Å². The van der Waals surface area contributed by atoms with Crippen LogP contribution in [-0.2, 0) is 9.59 Å². The van der Waals surface area contributed by atoms with Crippen LogP contribution in [-0.4, -0.2) is 32.2 Å². The molecule has 0 aliphatic heterocycles. The van der Waals surface area contributed by atoms with Gasteiger partial charge in [0, 0.05) is 19.8 Å². The van der Waals surface area contributed by atoms with Crippen LogP contribution in [0.1, 0.15) is 39.5 Å². The number of carbonyl (C=O) groups is 2. The van der Waals surface area contributed by atoms with Gasteiger partial charge >= 0.3 is 0 Å². The molecule has 0 aromatic carbocycles. The summed E-state index contributed by atoms with van der Waals surface area (Å²) in [5.41, 5.74) is 0. The molecule has 0 radical (unpaired) electrons. The molecule has 0 aromatic rings. The van der Waals surface area contributed by atoms with Crippen LogP contribution in [0.2, 0.25) is 0 Å². The summed E-state index contributed by atoms with van der Waals surface area (Å²) in [5, 5.41) is 36.4. The number of hydrogen-bond donors (Lipinski definition) is 6. The van der Waals surface area contributed by atoms with E-state index in [2.05, 4.69) is 10.6 Å². The molecule has 132 valence electrons. The van der Waals surface area contributed by atoms with Crippen molar-refractivity contribution in [2.24, 2.45) is 11.8 Å². The molecular formula is C14H22N6O2S2. The second kappa shape index (κ2) is 9.58. The first-order chi connectivity index (χ1) is 11.2. The van der Waals surface area contributed by atoms with Gasteiger partial charge in [0.05, 0.1) is 10.1 Å². The standard InChI is InChI=1S/C14H22N6O2S2/c1-7(21)19-13(17)23-11(15)6-9-3-4-10(5-9)12(16)24-14(18)20-8(2)22/h9-10,15-16H,3-6H2,1-2H3,(H2,17,19,21)(H2,18,20,22)/t9-,10?/m0/s1. The third-order valence-electron chi connectivity index (χ3n) is 3.40. The van der Waals surface area contributed by atoms with Gasteiger partial charge < -0.3 is 10.6 Å². The van der Waals surface area contributed by atoms with E-state index in [-0.39, 0.29) is 34.0 Å². The van der Waals surface area contributed by atoms with Gasteiger partial charge in [0.25, 0.3) is 0 Å². The number of hydrogen-bond acceptors (Lipinski definition) is 8. The van der Waals surface area contributed by atoms with Crippen molar-refractivity contribution in [3.63, 3.8) is 0 Å².